The number of halogens is 1. The van der Waals surface area contributed by atoms with Crippen LogP contribution in [0.1, 0.15) is 74.6 Å². The molecule has 0 radical (unpaired) electrons. The second-order valence-electron chi connectivity index (χ2n) is 9.38. The van der Waals surface area contributed by atoms with Crippen LogP contribution in [0.15, 0.2) is 12.1 Å². The van der Waals surface area contributed by atoms with Gasteiger partial charge in [-0.3, -0.25) is 9.59 Å². The number of amides is 2. The van der Waals surface area contributed by atoms with Gasteiger partial charge in [-0.2, -0.15) is 0 Å². The zero-order valence-electron chi connectivity index (χ0n) is 17.2. The molecule has 2 aliphatic carbocycles. The van der Waals surface area contributed by atoms with E-state index in [0.29, 0.717) is 18.2 Å². The lowest BCUT2D eigenvalue weighted by Crippen LogP contribution is -2.42. The van der Waals surface area contributed by atoms with Gasteiger partial charge in [-0.05, 0) is 62.1 Å². The summed E-state index contributed by atoms with van der Waals surface area (Å²) in [6.45, 7) is 6.60. The van der Waals surface area contributed by atoms with Crippen molar-refractivity contribution in [2.45, 2.75) is 77.8 Å². The lowest BCUT2D eigenvalue weighted by atomic mass is 9.75. The highest BCUT2D eigenvalue weighted by atomic mass is 19.1. The first-order valence-corrected chi connectivity index (χ1v) is 10.7. The van der Waals surface area contributed by atoms with Gasteiger partial charge >= 0.3 is 0 Å². The highest BCUT2D eigenvalue weighted by molar-refractivity contribution is 5.89. The number of likely N-dealkylation sites (tertiary alicyclic amines) is 1. The number of hydrogen-bond acceptors (Lipinski definition) is 2. The number of aryl methyl sites for hydroxylation is 1. The van der Waals surface area contributed by atoms with Crippen LogP contribution in [0.4, 0.5) is 4.39 Å². The number of carbonyl (C=O) groups excluding carboxylic acids is 2. The fourth-order valence-electron chi connectivity index (χ4n) is 5.13. The van der Waals surface area contributed by atoms with E-state index in [0.717, 1.165) is 49.7 Å². The van der Waals surface area contributed by atoms with Gasteiger partial charge in [0, 0.05) is 24.6 Å². The maximum absolute atomic E-state index is 15.0. The Balaban J connectivity index is 1.61. The van der Waals surface area contributed by atoms with Gasteiger partial charge in [-0.25, -0.2) is 4.39 Å². The third-order valence-corrected chi connectivity index (χ3v) is 7.27. The molecule has 1 aromatic rings. The topological polar surface area (TPSA) is 49.4 Å². The lowest BCUT2D eigenvalue weighted by Gasteiger charge is -2.37. The smallest absolute Gasteiger partial charge is 0.225 e. The van der Waals surface area contributed by atoms with Gasteiger partial charge < -0.3 is 10.2 Å². The highest BCUT2D eigenvalue weighted by Gasteiger charge is 2.45. The van der Waals surface area contributed by atoms with E-state index < -0.39 is 0 Å². The van der Waals surface area contributed by atoms with Crippen molar-refractivity contribution in [1.82, 2.24) is 10.2 Å². The SMILES string of the molecule is Cc1ccc(F)c([C@@H](NC(=O)C2CC(=O)N(C3CC3)C2)C2(C)CCCC2)c1C. The fourth-order valence-corrected chi connectivity index (χ4v) is 5.13. The maximum atomic E-state index is 15.0. The summed E-state index contributed by atoms with van der Waals surface area (Å²) in [6, 6.07) is 3.30. The van der Waals surface area contributed by atoms with Gasteiger partial charge in [0.05, 0.1) is 12.0 Å². The minimum Gasteiger partial charge on any atom is -0.348 e. The summed E-state index contributed by atoms with van der Waals surface area (Å²) in [4.78, 5) is 27.3. The Hall–Kier alpha value is -1.91. The van der Waals surface area contributed by atoms with Crippen molar-refractivity contribution >= 4 is 11.8 Å². The largest absolute Gasteiger partial charge is 0.348 e. The summed E-state index contributed by atoms with van der Waals surface area (Å²) in [5.41, 5.74) is 2.42. The Morgan fingerprint density at radius 3 is 2.57 bits per heavy atom. The summed E-state index contributed by atoms with van der Waals surface area (Å²) in [6.07, 6.45) is 6.54. The first kappa shape index (κ1) is 19.4. The van der Waals surface area contributed by atoms with E-state index in [2.05, 4.69) is 12.2 Å². The second kappa shape index (κ2) is 7.16. The second-order valence-corrected chi connectivity index (χ2v) is 9.38. The monoisotopic (exact) mass is 386 g/mol. The van der Waals surface area contributed by atoms with Crippen molar-refractivity contribution < 1.29 is 14.0 Å². The summed E-state index contributed by atoms with van der Waals surface area (Å²) in [5.74, 6) is -0.587. The predicted octanol–water partition coefficient (Wildman–Crippen LogP) is 4.19. The average Bonchev–Trinajstić information content (AvgIpc) is 3.28. The molecule has 3 aliphatic rings. The van der Waals surface area contributed by atoms with E-state index in [9.17, 15) is 14.0 Å². The van der Waals surface area contributed by atoms with Crippen LogP contribution in [0.5, 0.6) is 0 Å². The summed E-state index contributed by atoms with van der Waals surface area (Å²) in [7, 11) is 0. The minimum absolute atomic E-state index is 0.0872. The first-order chi connectivity index (χ1) is 13.3. The van der Waals surface area contributed by atoms with Crippen LogP contribution in [-0.4, -0.2) is 29.3 Å². The van der Waals surface area contributed by atoms with Gasteiger partial charge in [-0.15, -0.1) is 0 Å². The number of benzene rings is 1. The van der Waals surface area contributed by atoms with E-state index in [1.54, 1.807) is 6.07 Å². The maximum Gasteiger partial charge on any atom is 0.225 e. The molecule has 2 atom stereocenters. The molecule has 1 saturated heterocycles. The molecule has 2 amide bonds. The van der Waals surface area contributed by atoms with Gasteiger partial charge in [0.25, 0.3) is 0 Å². The van der Waals surface area contributed by atoms with Crippen molar-refractivity contribution in [2.75, 3.05) is 6.54 Å². The molecule has 1 aromatic carbocycles. The molecule has 28 heavy (non-hydrogen) atoms. The van der Waals surface area contributed by atoms with Gasteiger partial charge in [-0.1, -0.05) is 25.8 Å². The number of hydrogen-bond donors (Lipinski definition) is 1. The fraction of sp³-hybridized carbons (Fsp3) is 0.652. The number of nitrogens with zero attached hydrogens (tertiary/aromatic N) is 1. The highest BCUT2D eigenvalue weighted by Crippen LogP contribution is 2.49. The Morgan fingerprint density at radius 1 is 1.25 bits per heavy atom. The molecular formula is C23H31FN2O2. The Labute approximate surface area is 166 Å². The molecule has 152 valence electrons. The van der Waals surface area contributed by atoms with E-state index in [1.807, 2.05) is 18.7 Å². The van der Waals surface area contributed by atoms with Crippen LogP contribution < -0.4 is 5.32 Å². The average molecular weight is 387 g/mol. The molecule has 5 heteroatoms. The Kier molecular flexibility index (Phi) is 4.96. The minimum atomic E-state index is -0.354. The molecule has 4 nitrogen and oxygen atoms in total. The van der Waals surface area contributed by atoms with Crippen LogP contribution in [0, 0.1) is 31.0 Å². The molecule has 1 aliphatic heterocycles. The van der Waals surface area contributed by atoms with Crippen LogP contribution >= 0.6 is 0 Å². The van der Waals surface area contributed by atoms with Crippen molar-refractivity contribution in [1.29, 1.82) is 0 Å². The van der Waals surface area contributed by atoms with E-state index in [4.69, 9.17) is 0 Å². The van der Waals surface area contributed by atoms with Crippen LogP contribution in [0.2, 0.25) is 0 Å². The van der Waals surface area contributed by atoms with Crippen LogP contribution in [0.25, 0.3) is 0 Å². The van der Waals surface area contributed by atoms with Gasteiger partial charge in [0.2, 0.25) is 11.8 Å². The molecule has 2 saturated carbocycles. The predicted molar refractivity (Wildman–Crippen MR) is 106 cm³/mol. The third kappa shape index (κ3) is 3.44. The third-order valence-electron chi connectivity index (χ3n) is 7.27. The van der Waals surface area contributed by atoms with Crippen molar-refractivity contribution in [3.8, 4) is 0 Å². The summed E-state index contributed by atoms with van der Waals surface area (Å²) in [5, 5.41) is 3.21. The standard InChI is InChI=1S/C23H31FN2O2/c1-14-6-9-18(24)20(15(14)2)21(23(3)10-4-5-11-23)25-22(28)16-12-19(27)26(13-16)17-7-8-17/h6,9,16-17,21H,4-5,7-8,10-13H2,1-3H3,(H,25,28)/t16?,21-/m1/s1. The zero-order chi connectivity index (χ0) is 20.1. The normalized spacial score (nSPS) is 25.2. The van der Waals surface area contributed by atoms with Crippen molar-refractivity contribution in [3.05, 3.63) is 34.6 Å². The van der Waals surface area contributed by atoms with Crippen molar-refractivity contribution in [3.63, 3.8) is 0 Å². The molecule has 3 fully saturated rings. The van der Waals surface area contributed by atoms with E-state index in [1.165, 1.54) is 6.07 Å². The quantitative estimate of drug-likeness (QED) is 0.825. The van der Waals surface area contributed by atoms with Gasteiger partial charge in [0.15, 0.2) is 0 Å². The molecular weight excluding hydrogens is 355 g/mol. The van der Waals surface area contributed by atoms with Crippen LogP contribution in [0.3, 0.4) is 0 Å². The summed E-state index contributed by atoms with van der Waals surface area (Å²) >= 11 is 0. The summed E-state index contributed by atoms with van der Waals surface area (Å²) < 4.78 is 15.0. The molecule has 1 heterocycles. The Bertz CT molecular complexity index is 796. The molecule has 0 aromatic heterocycles. The van der Waals surface area contributed by atoms with E-state index in [-0.39, 0.29) is 41.4 Å². The number of rotatable bonds is 5. The number of nitrogens with one attached hydrogen (secondary N) is 1. The number of carbonyl (C=O) groups is 2. The van der Waals surface area contributed by atoms with E-state index >= 15 is 0 Å². The van der Waals surface area contributed by atoms with Crippen molar-refractivity contribution in [2.24, 2.45) is 11.3 Å². The molecule has 4 rings (SSSR count). The Morgan fingerprint density at radius 2 is 1.93 bits per heavy atom. The first-order valence-electron chi connectivity index (χ1n) is 10.7. The molecule has 0 spiro atoms. The molecule has 0 bridgehead atoms. The molecule has 1 N–H and O–H groups in total. The van der Waals surface area contributed by atoms with Crippen LogP contribution in [-0.2, 0) is 9.59 Å². The molecule has 1 unspecified atom stereocenters. The zero-order valence-corrected chi connectivity index (χ0v) is 17.2. The lowest BCUT2D eigenvalue weighted by molar-refractivity contribution is -0.129. The van der Waals surface area contributed by atoms with Gasteiger partial charge in [0.1, 0.15) is 5.82 Å².